The zero-order valence-electron chi connectivity index (χ0n) is 12.1. The van der Waals surface area contributed by atoms with Crippen molar-refractivity contribution in [3.63, 3.8) is 0 Å². The second kappa shape index (κ2) is 9.79. The Morgan fingerprint density at radius 3 is 2.78 bits per heavy atom. The van der Waals surface area contributed by atoms with Crippen LogP contribution in [0.15, 0.2) is 18.3 Å². The highest BCUT2D eigenvalue weighted by Gasteiger charge is 2.29. The van der Waals surface area contributed by atoms with Crippen LogP contribution in [0.2, 0.25) is 0 Å². The summed E-state index contributed by atoms with van der Waals surface area (Å²) in [6.07, 6.45) is -1.36. The lowest BCUT2D eigenvalue weighted by molar-refractivity contribution is -0.153. The first-order valence-electron chi connectivity index (χ1n) is 6.62. The molecule has 5 nitrogen and oxygen atoms in total. The second-order valence-corrected chi connectivity index (χ2v) is 4.77. The van der Waals surface area contributed by atoms with Gasteiger partial charge in [0, 0.05) is 18.8 Å². The third-order valence-corrected chi connectivity index (χ3v) is 3.01. The smallest absolute Gasteiger partial charge is 0.422 e. The summed E-state index contributed by atoms with van der Waals surface area (Å²) in [7, 11) is 0. The molecule has 1 fully saturated rings. The van der Waals surface area contributed by atoms with E-state index in [2.05, 4.69) is 20.4 Å². The van der Waals surface area contributed by atoms with Crippen LogP contribution in [0.3, 0.4) is 0 Å². The Labute approximate surface area is 144 Å². The average molecular weight is 376 g/mol. The molecule has 10 heteroatoms. The van der Waals surface area contributed by atoms with Gasteiger partial charge >= 0.3 is 6.18 Å². The van der Waals surface area contributed by atoms with Crippen LogP contribution in [-0.4, -0.2) is 42.8 Å². The molecule has 1 aliphatic heterocycles. The van der Waals surface area contributed by atoms with Crippen molar-refractivity contribution in [3.05, 3.63) is 24.0 Å². The zero-order chi connectivity index (χ0) is 15.3. The van der Waals surface area contributed by atoms with E-state index in [0.29, 0.717) is 6.54 Å². The van der Waals surface area contributed by atoms with Crippen LogP contribution in [0.1, 0.15) is 23.3 Å². The molecule has 0 aliphatic carbocycles. The van der Waals surface area contributed by atoms with E-state index in [1.54, 1.807) is 0 Å². The summed E-state index contributed by atoms with van der Waals surface area (Å²) in [5.74, 6) is -0.697. The van der Waals surface area contributed by atoms with Gasteiger partial charge < -0.3 is 15.4 Å². The van der Waals surface area contributed by atoms with Crippen molar-refractivity contribution in [2.75, 3.05) is 19.7 Å². The molecule has 0 radical (unpaired) electrons. The third kappa shape index (κ3) is 7.24. The molecule has 23 heavy (non-hydrogen) atoms. The fourth-order valence-corrected chi connectivity index (χ4v) is 2.07. The van der Waals surface area contributed by atoms with E-state index < -0.39 is 18.7 Å². The van der Waals surface area contributed by atoms with Gasteiger partial charge in [0.05, 0.1) is 0 Å². The molecule has 1 amide bonds. The number of rotatable bonds is 4. The van der Waals surface area contributed by atoms with Crippen LogP contribution in [0.25, 0.3) is 0 Å². The number of amides is 1. The Morgan fingerprint density at radius 2 is 2.17 bits per heavy atom. The lowest BCUT2D eigenvalue weighted by Crippen LogP contribution is -2.45. The summed E-state index contributed by atoms with van der Waals surface area (Å²) in [5, 5.41) is 5.88. The van der Waals surface area contributed by atoms with Crippen LogP contribution in [-0.2, 0) is 0 Å². The second-order valence-electron chi connectivity index (χ2n) is 4.77. The third-order valence-electron chi connectivity index (χ3n) is 3.01. The molecule has 0 aromatic carbocycles. The van der Waals surface area contributed by atoms with E-state index in [4.69, 9.17) is 0 Å². The van der Waals surface area contributed by atoms with Gasteiger partial charge in [-0.3, -0.25) is 4.79 Å². The van der Waals surface area contributed by atoms with E-state index in [1.807, 2.05) is 0 Å². The average Bonchev–Trinajstić information content (AvgIpc) is 2.46. The van der Waals surface area contributed by atoms with Crippen LogP contribution < -0.4 is 15.4 Å². The van der Waals surface area contributed by atoms with Crippen molar-refractivity contribution in [2.24, 2.45) is 0 Å². The molecular formula is C13H18Cl2F3N3O2. The van der Waals surface area contributed by atoms with Gasteiger partial charge in [0.15, 0.2) is 18.1 Å². The first-order valence-corrected chi connectivity index (χ1v) is 6.62. The molecule has 2 heterocycles. The fourth-order valence-electron chi connectivity index (χ4n) is 2.07. The minimum atomic E-state index is -4.46. The number of hydrogen-bond acceptors (Lipinski definition) is 4. The number of nitrogens with zero attached hydrogens (tertiary/aromatic N) is 1. The Hall–Kier alpha value is -1.25. The molecule has 0 bridgehead atoms. The molecule has 132 valence electrons. The first-order chi connectivity index (χ1) is 9.96. The standard InChI is InChI=1S/C13H16F3N3O2.2ClH/c14-13(15,16)8-21-10-4-2-6-18-11(10)12(20)19-9-3-1-5-17-7-9;;/h2,4,6,9,17H,1,3,5,7-8H2,(H,19,20);2*1H/t9-;;/m0../s1. The number of aromatic nitrogens is 1. The van der Waals surface area contributed by atoms with Crippen LogP contribution in [0.4, 0.5) is 13.2 Å². The predicted octanol–water partition coefficient (Wildman–Crippen LogP) is 2.35. The molecule has 2 rings (SSSR count). The molecule has 1 aliphatic rings. The lowest BCUT2D eigenvalue weighted by Gasteiger charge is -2.24. The summed E-state index contributed by atoms with van der Waals surface area (Å²) < 4.78 is 41.2. The highest BCUT2D eigenvalue weighted by atomic mass is 35.5. The van der Waals surface area contributed by atoms with Gasteiger partial charge in [0.2, 0.25) is 0 Å². The van der Waals surface area contributed by atoms with Gasteiger partial charge in [0.1, 0.15) is 0 Å². The SMILES string of the molecule is Cl.Cl.O=C(N[C@H]1CCCNC1)c1ncccc1OCC(F)(F)F. The predicted molar refractivity (Wildman–Crippen MR) is 83.6 cm³/mol. The number of halogens is 5. The van der Waals surface area contributed by atoms with E-state index in [0.717, 1.165) is 19.4 Å². The number of alkyl halides is 3. The highest BCUT2D eigenvalue weighted by Crippen LogP contribution is 2.21. The Morgan fingerprint density at radius 1 is 1.43 bits per heavy atom. The summed E-state index contributed by atoms with van der Waals surface area (Å²) in [6.45, 7) is 0.0805. The van der Waals surface area contributed by atoms with Gasteiger partial charge in [-0.2, -0.15) is 13.2 Å². The molecule has 1 atom stereocenters. The maximum Gasteiger partial charge on any atom is 0.422 e. The van der Waals surface area contributed by atoms with Gasteiger partial charge in [-0.1, -0.05) is 0 Å². The molecule has 0 unspecified atom stereocenters. The van der Waals surface area contributed by atoms with Crippen LogP contribution in [0, 0.1) is 0 Å². The quantitative estimate of drug-likeness (QED) is 0.847. The molecule has 2 N–H and O–H groups in total. The van der Waals surface area contributed by atoms with Crippen LogP contribution >= 0.6 is 24.8 Å². The highest BCUT2D eigenvalue weighted by molar-refractivity contribution is 5.95. The largest absolute Gasteiger partial charge is 0.482 e. The van der Waals surface area contributed by atoms with Crippen molar-refractivity contribution in [3.8, 4) is 5.75 Å². The van der Waals surface area contributed by atoms with Gasteiger partial charge in [-0.15, -0.1) is 24.8 Å². The van der Waals surface area contributed by atoms with E-state index >= 15 is 0 Å². The number of ether oxygens (including phenoxy) is 1. The van der Waals surface area contributed by atoms with E-state index in [1.165, 1.54) is 18.3 Å². The normalized spacial score (nSPS) is 17.4. The Balaban J connectivity index is 0.00000242. The molecule has 1 saturated heterocycles. The van der Waals surface area contributed by atoms with Crippen molar-refractivity contribution in [1.82, 2.24) is 15.6 Å². The van der Waals surface area contributed by atoms with Crippen LogP contribution in [0.5, 0.6) is 5.75 Å². The lowest BCUT2D eigenvalue weighted by atomic mass is 10.1. The molecule has 0 saturated carbocycles. The molecular weight excluding hydrogens is 358 g/mol. The maximum atomic E-state index is 12.2. The van der Waals surface area contributed by atoms with Crippen molar-refractivity contribution in [2.45, 2.75) is 25.1 Å². The van der Waals surface area contributed by atoms with Gasteiger partial charge in [-0.25, -0.2) is 4.98 Å². The molecule has 1 aromatic heterocycles. The number of nitrogens with one attached hydrogen (secondary N) is 2. The summed E-state index contributed by atoms with van der Waals surface area (Å²) in [4.78, 5) is 15.9. The summed E-state index contributed by atoms with van der Waals surface area (Å²) in [5.41, 5.74) is -0.132. The Bertz CT molecular complexity index is 498. The zero-order valence-corrected chi connectivity index (χ0v) is 13.7. The number of carbonyl (C=O) groups excluding carboxylic acids is 1. The van der Waals surface area contributed by atoms with Crippen molar-refractivity contribution < 1.29 is 22.7 Å². The summed E-state index contributed by atoms with van der Waals surface area (Å²) >= 11 is 0. The van der Waals surface area contributed by atoms with Crippen molar-refractivity contribution in [1.29, 1.82) is 0 Å². The van der Waals surface area contributed by atoms with Crippen molar-refractivity contribution >= 4 is 30.7 Å². The minimum absolute atomic E-state index is 0. The van der Waals surface area contributed by atoms with E-state index in [-0.39, 0.29) is 42.3 Å². The topological polar surface area (TPSA) is 63.2 Å². The number of carbonyl (C=O) groups is 1. The molecule has 0 spiro atoms. The summed E-state index contributed by atoms with van der Waals surface area (Å²) in [6, 6.07) is 2.67. The molecule has 1 aromatic rings. The monoisotopic (exact) mass is 375 g/mol. The number of piperidine rings is 1. The number of pyridine rings is 1. The maximum absolute atomic E-state index is 12.2. The Kier molecular flexibility index (Phi) is 9.26. The van der Waals surface area contributed by atoms with Gasteiger partial charge in [0.25, 0.3) is 5.91 Å². The van der Waals surface area contributed by atoms with E-state index in [9.17, 15) is 18.0 Å². The fraction of sp³-hybridized carbons (Fsp3) is 0.538. The van der Waals surface area contributed by atoms with Gasteiger partial charge in [-0.05, 0) is 31.5 Å². The number of hydrogen-bond donors (Lipinski definition) is 2. The first kappa shape index (κ1) is 21.8. The minimum Gasteiger partial charge on any atom is -0.482 e.